The summed E-state index contributed by atoms with van der Waals surface area (Å²) in [6.45, 7) is 3.99. The number of hydrogen-bond donors (Lipinski definition) is 1. The molecule has 1 aromatic rings. The van der Waals surface area contributed by atoms with Gasteiger partial charge < -0.3 is 10.1 Å². The maximum atomic E-state index is 5.74. The van der Waals surface area contributed by atoms with Crippen LogP contribution in [-0.2, 0) is 11.3 Å². The van der Waals surface area contributed by atoms with E-state index in [0.717, 1.165) is 19.1 Å². The van der Waals surface area contributed by atoms with Crippen LogP contribution in [0.15, 0.2) is 24.3 Å². The fraction of sp³-hybridized carbons (Fsp3) is 0.647. The van der Waals surface area contributed by atoms with Gasteiger partial charge in [-0.15, -0.1) is 0 Å². The molecule has 3 rings (SSSR count). The first-order valence-electron chi connectivity index (χ1n) is 7.74. The van der Waals surface area contributed by atoms with Gasteiger partial charge in [-0.1, -0.05) is 44.0 Å². The van der Waals surface area contributed by atoms with E-state index in [1.165, 1.54) is 43.2 Å². The molecule has 19 heavy (non-hydrogen) atoms. The number of ether oxygens (including phenoxy) is 1. The van der Waals surface area contributed by atoms with Crippen LogP contribution in [0.25, 0.3) is 0 Å². The van der Waals surface area contributed by atoms with Crippen LogP contribution in [0.5, 0.6) is 0 Å². The molecule has 1 heterocycles. The summed E-state index contributed by atoms with van der Waals surface area (Å²) in [5, 5.41) is 3.85. The van der Waals surface area contributed by atoms with Crippen molar-refractivity contribution in [3.05, 3.63) is 35.4 Å². The normalized spacial score (nSPS) is 31.5. The fourth-order valence-corrected chi connectivity index (χ4v) is 3.46. The molecule has 104 valence electrons. The predicted octanol–water partition coefficient (Wildman–Crippen LogP) is 3.82. The molecule has 3 unspecified atom stereocenters. The van der Waals surface area contributed by atoms with Crippen molar-refractivity contribution < 1.29 is 4.74 Å². The van der Waals surface area contributed by atoms with Gasteiger partial charge in [0.15, 0.2) is 0 Å². The highest BCUT2D eigenvalue weighted by molar-refractivity contribution is 5.31. The monoisotopic (exact) mass is 259 g/mol. The second-order valence-corrected chi connectivity index (χ2v) is 6.24. The van der Waals surface area contributed by atoms with Crippen molar-refractivity contribution in [2.24, 2.45) is 5.92 Å². The summed E-state index contributed by atoms with van der Waals surface area (Å²) in [6, 6.07) is 9.77. The van der Waals surface area contributed by atoms with Crippen LogP contribution in [0, 0.1) is 5.92 Å². The lowest BCUT2D eigenvalue weighted by molar-refractivity contribution is 0.0776. The van der Waals surface area contributed by atoms with E-state index >= 15 is 0 Å². The van der Waals surface area contributed by atoms with E-state index in [1.807, 2.05) is 0 Å². The van der Waals surface area contributed by atoms with Gasteiger partial charge in [-0.2, -0.15) is 0 Å². The van der Waals surface area contributed by atoms with Crippen molar-refractivity contribution in [3.63, 3.8) is 0 Å². The molecule has 0 saturated heterocycles. The molecule has 1 aliphatic heterocycles. The van der Waals surface area contributed by atoms with Gasteiger partial charge in [0, 0.05) is 6.04 Å². The molecule has 2 nitrogen and oxygen atoms in total. The summed E-state index contributed by atoms with van der Waals surface area (Å²) in [6.07, 6.45) is 6.78. The summed E-state index contributed by atoms with van der Waals surface area (Å²) >= 11 is 0. The summed E-state index contributed by atoms with van der Waals surface area (Å²) in [5.41, 5.74) is 2.80. The standard InChI is InChI=1S/C17H25NO/c1-13-5-4-7-15(10-9-13)18-17-12-19-11-14-6-2-3-8-16(14)17/h2-3,6,8,13,15,17-18H,4-5,7,9-12H2,1H3. The van der Waals surface area contributed by atoms with E-state index in [0.29, 0.717) is 12.1 Å². The molecule has 1 fully saturated rings. The van der Waals surface area contributed by atoms with E-state index in [2.05, 4.69) is 36.5 Å². The molecule has 0 aromatic heterocycles. The Labute approximate surface area is 116 Å². The first-order chi connectivity index (χ1) is 9.33. The minimum Gasteiger partial charge on any atom is -0.375 e. The van der Waals surface area contributed by atoms with E-state index in [1.54, 1.807) is 0 Å². The minimum absolute atomic E-state index is 0.392. The molecule has 3 atom stereocenters. The Morgan fingerprint density at radius 2 is 2.00 bits per heavy atom. The van der Waals surface area contributed by atoms with Crippen LogP contribution in [0.1, 0.15) is 56.2 Å². The van der Waals surface area contributed by atoms with Crippen molar-refractivity contribution in [3.8, 4) is 0 Å². The van der Waals surface area contributed by atoms with E-state index in [-0.39, 0.29) is 0 Å². The molecule has 1 aliphatic carbocycles. The third-order valence-corrected chi connectivity index (χ3v) is 4.67. The zero-order valence-corrected chi connectivity index (χ0v) is 11.9. The van der Waals surface area contributed by atoms with Crippen LogP contribution in [0.4, 0.5) is 0 Å². The van der Waals surface area contributed by atoms with Gasteiger partial charge in [0.2, 0.25) is 0 Å². The summed E-state index contributed by atoms with van der Waals surface area (Å²) < 4.78 is 5.74. The van der Waals surface area contributed by atoms with Crippen molar-refractivity contribution >= 4 is 0 Å². The second kappa shape index (κ2) is 6.06. The van der Waals surface area contributed by atoms with Crippen molar-refractivity contribution in [1.82, 2.24) is 5.32 Å². The largest absolute Gasteiger partial charge is 0.375 e. The van der Waals surface area contributed by atoms with E-state index in [4.69, 9.17) is 4.74 Å². The lowest BCUT2D eigenvalue weighted by Crippen LogP contribution is -2.37. The van der Waals surface area contributed by atoms with Crippen LogP contribution in [0.3, 0.4) is 0 Å². The van der Waals surface area contributed by atoms with Crippen LogP contribution < -0.4 is 5.32 Å². The molecule has 2 heteroatoms. The number of rotatable bonds is 2. The smallest absolute Gasteiger partial charge is 0.0721 e. The van der Waals surface area contributed by atoms with Gasteiger partial charge in [-0.25, -0.2) is 0 Å². The molecule has 0 amide bonds. The lowest BCUT2D eigenvalue weighted by Gasteiger charge is -2.30. The topological polar surface area (TPSA) is 21.3 Å². The van der Waals surface area contributed by atoms with Crippen LogP contribution in [0.2, 0.25) is 0 Å². The number of nitrogens with one attached hydrogen (secondary N) is 1. The SMILES string of the molecule is CC1CCCC(NC2COCc3ccccc32)CC1. The Morgan fingerprint density at radius 1 is 1.11 bits per heavy atom. The molecule has 0 spiro atoms. The fourth-order valence-electron chi connectivity index (χ4n) is 3.46. The molecule has 1 N–H and O–H groups in total. The Bertz CT molecular complexity index is 417. The predicted molar refractivity (Wildman–Crippen MR) is 78.0 cm³/mol. The number of hydrogen-bond acceptors (Lipinski definition) is 2. The van der Waals surface area contributed by atoms with Crippen molar-refractivity contribution in [1.29, 1.82) is 0 Å². The Morgan fingerprint density at radius 3 is 2.95 bits per heavy atom. The highest BCUT2D eigenvalue weighted by Crippen LogP contribution is 2.28. The zero-order chi connectivity index (χ0) is 13.1. The minimum atomic E-state index is 0.392. The van der Waals surface area contributed by atoms with Crippen LogP contribution >= 0.6 is 0 Å². The number of fused-ring (bicyclic) bond motifs is 1. The third kappa shape index (κ3) is 3.18. The zero-order valence-electron chi connectivity index (χ0n) is 11.9. The highest BCUT2D eigenvalue weighted by atomic mass is 16.5. The lowest BCUT2D eigenvalue weighted by atomic mass is 9.97. The average Bonchev–Trinajstić information content (AvgIpc) is 2.64. The Balaban J connectivity index is 1.67. The van der Waals surface area contributed by atoms with Crippen molar-refractivity contribution in [2.75, 3.05) is 6.61 Å². The quantitative estimate of drug-likeness (QED) is 0.815. The van der Waals surface area contributed by atoms with Gasteiger partial charge in [0.1, 0.15) is 0 Å². The maximum Gasteiger partial charge on any atom is 0.0721 e. The van der Waals surface area contributed by atoms with Gasteiger partial charge >= 0.3 is 0 Å². The molecule has 0 radical (unpaired) electrons. The molecule has 1 saturated carbocycles. The Hall–Kier alpha value is -0.860. The van der Waals surface area contributed by atoms with E-state index in [9.17, 15) is 0 Å². The van der Waals surface area contributed by atoms with Gasteiger partial charge in [0.05, 0.1) is 19.3 Å². The second-order valence-electron chi connectivity index (χ2n) is 6.24. The molecular formula is C17H25NO. The molecule has 0 bridgehead atoms. The number of benzene rings is 1. The van der Waals surface area contributed by atoms with E-state index < -0.39 is 0 Å². The third-order valence-electron chi connectivity index (χ3n) is 4.67. The highest BCUT2D eigenvalue weighted by Gasteiger charge is 2.24. The average molecular weight is 259 g/mol. The van der Waals surface area contributed by atoms with Gasteiger partial charge in [-0.05, 0) is 36.3 Å². The first kappa shape index (κ1) is 13.1. The summed E-state index contributed by atoms with van der Waals surface area (Å²) in [4.78, 5) is 0. The molecular weight excluding hydrogens is 234 g/mol. The van der Waals surface area contributed by atoms with Gasteiger partial charge in [-0.3, -0.25) is 0 Å². The maximum absolute atomic E-state index is 5.74. The summed E-state index contributed by atoms with van der Waals surface area (Å²) in [5.74, 6) is 0.904. The van der Waals surface area contributed by atoms with Crippen molar-refractivity contribution in [2.45, 2.75) is 57.7 Å². The summed E-state index contributed by atoms with van der Waals surface area (Å²) in [7, 11) is 0. The Kier molecular flexibility index (Phi) is 4.19. The first-order valence-corrected chi connectivity index (χ1v) is 7.74. The molecule has 1 aromatic carbocycles. The molecule has 2 aliphatic rings. The van der Waals surface area contributed by atoms with Crippen LogP contribution in [-0.4, -0.2) is 12.6 Å². The van der Waals surface area contributed by atoms with Gasteiger partial charge in [0.25, 0.3) is 0 Å².